The summed E-state index contributed by atoms with van der Waals surface area (Å²) in [6.45, 7) is 2.08. The van der Waals surface area contributed by atoms with E-state index in [1.807, 2.05) is 30.3 Å². The molecule has 0 spiro atoms. The zero-order chi connectivity index (χ0) is 11.4. The van der Waals surface area contributed by atoms with E-state index in [4.69, 9.17) is 5.26 Å². The number of benzene rings is 2. The average Bonchev–Trinajstić information content (AvgIpc) is 2.33. The summed E-state index contributed by atoms with van der Waals surface area (Å²) < 4.78 is 0. The van der Waals surface area contributed by atoms with Crippen LogP contribution < -0.4 is 0 Å². The van der Waals surface area contributed by atoms with Crippen LogP contribution in [-0.4, -0.2) is 0 Å². The van der Waals surface area contributed by atoms with Crippen molar-refractivity contribution in [3.63, 3.8) is 0 Å². The molecule has 78 valence electrons. The second-order valence-electron chi connectivity index (χ2n) is 3.79. The maximum Gasteiger partial charge on any atom is 0.0669 e. The largest absolute Gasteiger partial charge is 0.198 e. The van der Waals surface area contributed by atoms with Crippen LogP contribution in [0.4, 0.5) is 0 Å². The Morgan fingerprint density at radius 3 is 2.44 bits per heavy atom. The highest BCUT2D eigenvalue weighted by atomic mass is 14.2. The zero-order valence-electron chi connectivity index (χ0n) is 9.27. The van der Waals surface area contributed by atoms with Crippen LogP contribution in [0.15, 0.2) is 48.5 Å². The molecule has 2 aromatic rings. The van der Waals surface area contributed by atoms with Crippen LogP contribution in [-0.2, 0) is 6.42 Å². The molecule has 0 atom stereocenters. The highest BCUT2D eigenvalue weighted by Gasteiger charge is 2.04. The summed E-state index contributed by atoms with van der Waals surface area (Å²) in [5, 5.41) is 8.76. The van der Waals surface area contributed by atoms with Crippen LogP contribution in [0.3, 0.4) is 0 Å². The first-order chi connectivity index (χ1) is 7.83. The normalized spacial score (nSPS) is 9.75. The van der Waals surface area contributed by atoms with Crippen molar-refractivity contribution in [3.05, 3.63) is 59.7 Å². The van der Waals surface area contributed by atoms with Gasteiger partial charge in [0.15, 0.2) is 0 Å². The van der Waals surface area contributed by atoms with Crippen LogP contribution in [0.2, 0.25) is 0 Å². The van der Waals surface area contributed by atoms with Gasteiger partial charge in [-0.2, -0.15) is 5.26 Å². The van der Waals surface area contributed by atoms with Crippen molar-refractivity contribution in [1.82, 2.24) is 0 Å². The Balaban J connectivity index is 2.51. The third-order valence-electron chi connectivity index (χ3n) is 2.80. The molecule has 0 unspecified atom stereocenters. The molecule has 0 aromatic heterocycles. The molecule has 0 radical (unpaired) electrons. The van der Waals surface area contributed by atoms with Crippen molar-refractivity contribution in [1.29, 1.82) is 5.26 Å². The van der Waals surface area contributed by atoms with Gasteiger partial charge in [0.2, 0.25) is 0 Å². The molecular weight excluding hydrogens is 194 g/mol. The van der Waals surface area contributed by atoms with Gasteiger partial charge in [0, 0.05) is 0 Å². The molecule has 0 saturated heterocycles. The molecule has 0 saturated carbocycles. The van der Waals surface area contributed by atoms with Gasteiger partial charge in [-0.3, -0.25) is 0 Å². The molecule has 2 rings (SSSR count). The molecule has 0 aliphatic carbocycles. The first-order valence-electron chi connectivity index (χ1n) is 5.34. The summed E-state index contributed by atoms with van der Waals surface area (Å²) in [4.78, 5) is 0. The van der Waals surface area contributed by atoms with Crippen LogP contribution >= 0.6 is 0 Å². The molecule has 1 nitrogen and oxygen atoms in total. The number of hydrogen-bond donors (Lipinski definition) is 0. The first kappa shape index (κ1) is 10.4. The maximum atomic E-state index is 8.76. The zero-order valence-corrected chi connectivity index (χ0v) is 9.27. The van der Waals surface area contributed by atoms with E-state index in [0.29, 0.717) is 6.42 Å². The molecule has 0 aliphatic rings. The number of rotatable bonds is 2. The molecule has 0 amide bonds. The van der Waals surface area contributed by atoms with Gasteiger partial charge in [0.05, 0.1) is 12.5 Å². The highest BCUT2D eigenvalue weighted by molar-refractivity contribution is 5.68. The second kappa shape index (κ2) is 4.63. The predicted octanol–water partition coefficient (Wildman–Crippen LogP) is 3.73. The summed E-state index contributed by atoms with van der Waals surface area (Å²) in [7, 11) is 0. The van der Waals surface area contributed by atoms with E-state index < -0.39 is 0 Å². The smallest absolute Gasteiger partial charge is 0.0669 e. The van der Waals surface area contributed by atoms with Gasteiger partial charge in [-0.1, -0.05) is 48.5 Å². The lowest BCUT2D eigenvalue weighted by atomic mass is 9.95. The Morgan fingerprint density at radius 2 is 1.75 bits per heavy atom. The number of nitriles is 1. The van der Waals surface area contributed by atoms with Crippen molar-refractivity contribution in [2.75, 3.05) is 0 Å². The third kappa shape index (κ3) is 1.97. The Morgan fingerprint density at radius 1 is 1.00 bits per heavy atom. The topological polar surface area (TPSA) is 23.8 Å². The molecule has 0 bridgehead atoms. The summed E-state index contributed by atoms with van der Waals surface area (Å²) in [6.07, 6.45) is 0.479. The molecule has 16 heavy (non-hydrogen) atoms. The van der Waals surface area contributed by atoms with Gasteiger partial charge in [-0.25, -0.2) is 0 Å². The molecule has 0 aliphatic heterocycles. The molecule has 2 aromatic carbocycles. The standard InChI is InChI=1S/C15H13N/c1-12-13(10-11-16)8-5-9-15(12)14-6-3-2-4-7-14/h2-9H,10H2,1H3. The fourth-order valence-electron chi connectivity index (χ4n) is 1.89. The summed E-state index contributed by atoms with van der Waals surface area (Å²) in [6, 6.07) is 18.6. The summed E-state index contributed by atoms with van der Waals surface area (Å²) in [5.41, 5.74) is 4.74. The van der Waals surface area contributed by atoms with Gasteiger partial charge < -0.3 is 0 Å². The molecular formula is C15H13N. The van der Waals surface area contributed by atoms with Gasteiger partial charge in [-0.15, -0.1) is 0 Å². The third-order valence-corrected chi connectivity index (χ3v) is 2.80. The number of hydrogen-bond acceptors (Lipinski definition) is 1. The Labute approximate surface area is 96.0 Å². The minimum Gasteiger partial charge on any atom is -0.198 e. The van der Waals surface area contributed by atoms with Crippen molar-refractivity contribution < 1.29 is 0 Å². The predicted molar refractivity (Wildman–Crippen MR) is 65.9 cm³/mol. The van der Waals surface area contributed by atoms with Gasteiger partial charge >= 0.3 is 0 Å². The second-order valence-corrected chi connectivity index (χ2v) is 3.79. The molecule has 0 fully saturated rings. The summed E-state index contributed by atoms with van der Waals surface area (Å²) in [5.74, 6) is 0. The van der Waals surface area contributed by atoms with Crippen LogP contribution in [0.1, 0.15) is 11.1 Å². The number of nitrogens with zero attached hydrogens (tertiary/aromatic N) is 1. The lowest BCUT2D eigenvalue weighted by Gasteiger charge is -2.09. The van der Waals surface area contributed by atoms with Gasteiger partial charge in [0.25, 0.3) is 0 Å². The van der Waals surface area contributed by atoms with Crippen molar-refractivity contribution in [2.45, 2.75) is 13.3 Å². The van der Waals surface area contributed by atoms with E-state index in [2.05, 4.69) is 31.2 Å². The Bertz CT molecular complexity index is 521. The minimum absolute atomic E-state index is 0.479. The maximum absolute atomic E-state index is 8.76. The quantitative estimate of drug-likeness (QED) is 0.736. The van der Waals surface area contributed by atoms with E-state index >= 15 is 0 Å². The lowest BCUT2D eigenvalue weighted by Crippen LogP contribution is -1.90. The van der Waals surface area contributed by atoms with Crippen LogP contribution in [0.5, 0.6) is 0 Å². The van der Waals surface area contributed by atoms with Crippen molar-refractivity contribution in [3.8, 4) is 17.2 Å². The van der Waals surface area contributed by atoms with E-state index in [0.717, 1.165) is 5.56 Å². The molecule has 1 heteroatoms. The molecule has 0 heterocycles. The van der Waals surface area contributed by atoms with Crippen LogP contribution in [0, 0.1) is 18.3 Å². The lowest BCUT2D eigenvalue weighted by molar-refractivity contribution is 1.21. The highest BCUT2D eigenvalue weighted by Crippen LogP contribution is 2.25. The minimum atomic E-state index is 0.479. The van der Waals surface area contributed by atoms with E-state index in [1.54, 1.807) is 0 Å². The van der Waals surface area contributed by atoms with Crippen LogP contribution in [0.25, 0.3) is 11.1 Å². The Hall–Kier alpha value is -2.07. The first-order valence-corrected chi connectivity index (χ1v) is 5.34. The average molecular weight is 207 g/mol. The van der Waals surface area contributed by atoms with E-state index in [9.17, 15) is 0 Å². The van der Waals surface area contributed by atoms with Gasteiger partial charge in [-0.05, 0) is 29.2 Å². The van der Waals surface area contributed by atoms with E-state index in [1.165, 1.54) is 16.7 Å². The summed E-state index contributed by atoms with van der Waals surface area (Å²) >= 11 is 0. The van der Waals surface area contributed by atoms with E-state index in [-0.39, 0.29) is 0 Å². The fraction of sp³-hybridized carbons (Fsp3) is 0.133. The fourth-order valence-corrected chi connectivity index (χ4v) is 1.89. The van der Waals surface area contributed by atoms with Crippen molar-refractivity contribution >= 4 is 0 Å². The van der Waals surface area contributed by atoms with Gasteiger partial charge in [0.1, 0.15) is 0 Å². The SMILES string of the molecule is Cc1c(CC#N)cccc1-c1ccccc1. The molecule has 0 N–H and O–H groups in total. The van der Waals surface area contributed by atoms with Crippen molar-refractivity contribution in [2.24, 2.45) is 0 Å². The monoisotopic (exact) mass is 207 g/mol. The Kier molecular flexibility index (Phi) is 3.03.